The summed E-state index contributed by atoms with van der Waals surface area (Å²) in [5, 5.41) is 11.0. The van der Waals surface area contributed by atoms with Gasteiger partial charge in [-0.3, -0.25) is 9.36 Å². The lowest BCUT2D eigenvalue weighted by Gasteiger charge is -2.31. The Kier molecular flexibility index (Phi) is 4.38. The molecule has 0 spiro atoms. The van der Waals surface area contributed by atoms with Crippen LogP contribution in [0.1, 0.15) is 29.5 Å². The summed E-state index contributed by atoms with van der Waals surface area (Å²) in [6, 6.07) is 19.0. The first-order chi connectivity index (χ1) is 13.1. The number of nitrogens with zero attached hydrogens (tertiary/aromatic N) is 3. The first-order valence-electron chi connectivity index (χ1n) is 8.66. The molecule has 0 radical (unpaired) electrons. The Labute approximate surface area is 155 Å². The third kappa shape index (κ3) is 3.29. The molecule has 0 bridgehead atoms. The minimum absolute atomic E-state index is 0.0822. The molecule has 0 amide bonds. The number of ketones is 1. The largest absolute Gasteiger partial charge is 0.381 e. The van der Waals surface area contributed by atoms with Crippen molar-refractivity contribution in [3.05, 3.63) is 101 Å². The van der Waals surface area contributed by atoms with E-state index in [2.05, 4.69) is 4.98 Å². The molecule has 2 atom stereocenters. The number of imidazole rings is 1. The summed E-state index contributed by atoms with van der Waals surface area (Å²) < 4.78 is 1.57. The Bertz CT molecular complexity index is 1010. The molecule has 1 aliphatic rings. The molecule has 1 heterocycles. The first kappa shape index (κ1) is 16.9. The van der Waals surface area contributed by atoms with Gasteiger partial charge in [0.1, 0.15) is 12.2 Å². The zero-order valence-electron chi connectivity index (χ0n) is 14.4. The minimum Gasteiger partial charge on any atom is -0.358 e. The smallest absolute Gasteiger partial charge is 0.358 e. The van der Waals surface area contributed by atoms with Crippen LogP contribution in [0.5, 0.6) is 0 Å². The lowest BCUT2D eigenvalue weighted by molar-refractivity contribution is -0.389. The van der Waals surface area contributed by atoms with Gasteiger partial charge in [-0.25, -0.2) is 0 Å². The van der Waals surface area contributed by atoms with Gasteiger partial charge < -0.3 is 10.1 Å². The number of allylic oxidation sites excluding steroid dienone is 2. The van der Waals surface area contributed by atoms with Crippen LogP contribution >= 0.6 is 0 Å². The Morgan fingerprint density at radius 1 is 1.04 bits per heavy atom. The zero-order valence-corrected chi connectivity index (χ0v) is 14.4. The van der Waals surface area contributed by atoms with Crippen LogP contribution in [0.2, 0.25) is 0 Å². The van der Waals surface area contributed by atoms with Crippen molar-refractivity contribution in [2.75, 3.05) is 0 Å². The van der Waals surface area contributed by atoms with Crippen LogP contribution in [-0.2, 0) is 4.79 Å². The van der Waals surface area contributed by atoms with Crippen LogP contribution in [0.15, 0.2) is 79.3 Å². The van der Waals surface area contributed by atoms with Gasteiger partial charge in [0.25, 0.3) is 0 Å². The van der Waals surface area contributed by atoms with E-state index in [0.29, 0.717) is 6.42 Å². The molecule has 0 saturated carbocycles. The van der Waals surface area contributed by atoms with Gasteiger partial charge in [0.15, 0.2) is 5.78 Å². The number of carbonyl (C=O) groups is 1. The Morgan fingerprint density at radius 2 is 1.70 bits per heavy atom. The highest BCUT2D eigenvalue weighted by molar-refractivity contribution is 6.02. The minimum atomic E-state index is -0.555. The molecule has 6 heteroatoms. The average molecular weight is 359 g/mol. The second-order valence-corrected chi connectivity index (χ2v) is 6.54. The highest BCUT2D eigenvalue weighted by Gasteiger charge is 2.36. The normalized spacial score (nSPS) is 19.6. The summed E-state index contributed by atoms with van der Waals surface area (Å²) in [5.41, 5.74) is 3.01. The maximum absolute atomic E-state index is 13.0. The number of carbonyl (C=O) groups excluding carboxylic acids is 1. The van der Waals surface area contributed by atoms with Crippen LogP contribution in [0.25, 0.3) is 5.57 Å². The van der Waals surface area contributed by atoms with E-state index >= 15 is 0 Å². The zero-order chi connectivity index (χ0) is 18.8. The van der Waals surface area contributed by atoms with Crippen molar-refractivity contribution >= 4 is 17.2 Å². The highest BCUT2D eigenvalue weighted by Crippen LogP contribution is 2.42. The summed E-state index contributed by atoms with van der Waals surface area (Å²) in [6.45, 7) is 0. The molecular formula is C21H17N3O3. The fraction of sp³-hybridized carbons (Fsp3) is 0.143. The van der Waals surface area contributed by atoms with Crippen molar-refractivity contribution < 1.29 is 9.72 Å². The van der Waals surface area contributed by atoms with E-state index in [9.17, 15) is 14.9 Å². The van der Waals surface area contributed by atoms with E-state index in [0.717, 1.165) is 16.7 Å². The molecular weight excluding hydrogens is 342 g/mol. The standard InChI is InChI=1S/C21H17N3O3/c25-19-12-17(15-7-3-1-4-8-15)11-18(16-9-5-2-6-10-16)21(19)23-13-20(22-14-23)24(26)27/h1-10,12-14,18,21H,11H2/t18-,21+/m0/s1. The molecule has 0 saturated heterocycles. The van der Waals surface area contributed by atoms with Crippen molar-refractivity contribution in [1.29, 1.82) is 0 Å². The Balaban J connectivity index is 1.79. The van der Waals surface area contributed by atoms with Crippen LogP contribution in [0, 0.1) is 10.1 Å². The fourth-order valence-electron chi connectivity index (χ4n) is 3.64. The molecule has 2 aromatic carbocycles. The molecule has 3 aromatic rings. The number of benzene rings is 2. The van der Waals surface area contributed by atoms with Crippen molar-refractivity contribution in [2.24, 2.45) is 0 Å². The number of aromatic nitrogens is 2. The molecule has 0 unspecified atom stereocenters. The van der Waals surface area contributed by atoms with Gasteiger partial charge in [-0.15, -0.1) is 0 Å². The number of hydrogen-bond donors (Lipinski definition) is 0. The van der Waals surface area contributed by atoms with E-state index in [1.54, 1.807) is 10.6 Å². The lowest BCUT2D eigenvalue weighted by Crippen LogP contribution is -2.28. The predicted molar refractivity (Wildman–Crippen MR) is 101 cm³/mol. The molecule has 4 rings (SSSR count). The van der Waals surface area contributed by atoms with E-state index in [1.165, 1.54) is 12.5 Å². The van der Waals surface area contributed by atoms with E-state index in [-0.39, 0.29) is 17.5 Å². The van der Waals surface area contributed by atoms with Gasteiger partial charge >= 0.3 is 5.82 Å². The second kappa shape index (κ2) is 6.99. The fourth-order valence-corrected chi connectivity index (χ4v) is 3.64. The van der Waals surface area contributed by atoms with E-state index in [1.807, 2.05) is 60.7 Å². The van der Waals surface area contributed by atoms with Crippen molar-refractivity contribution in [3.63, 3.8) is 0 Å². The van der Waals surface area contributed by atoms with Crippen LogP contribution in [0.3, 0.4) is 0 Å². The molecule has 0 N–H and O–H groups in total. The van der Waals surface area contributed by atoms with Crippen LogP contribution < -0.4 is 0 Å². The van der Waals surface area contributed by atoms with Crippen molar-refractivity contribution in [2.45, 2.75) is 18.4 Å². The topological polar surface area (TPSA) is 78.0 Å². The average Bonchev–Trinajstić information content (AvgIpc) is 3.19. The van der Waals surface area contributed by atoms with Gasteiger partial charge in [-0.05, 0) is 39.1 Å². The Hall–Kier alpha value is -3.54. The summed E-state index contributed by atoms with van der Waals surface area (Å²) >= 11 is 0. The quantitative estimate of drug-likeness (QED) is 0.517. The summed E-state index contributed by atoms with van der Waals surface area (Å²) in [5.74, 6) is -0.471. The number of rotatable bonds is 4. The van der Waals surface area contributed by atoms with Crippen molar-refractivity contribution in [3.8, 4) is 0 Å². The molecule has 0 fully saturated rings. The van der Waals surface area contributed by atoms with E-state index < -0.39 is 11.0 Å². The molecule has 1 aliphatic carbocycles. The van der Waals surface area contributed by atoms with Gasteiger partial charge in [0.2, 0.25) is 6.33 Å². The van der Waals surface area contributed by atoms with Crippen LogP contribution in [-0.4, -0.2) is 20.3 Å². The van der Waals surface area contributed by atoms with E-state index in [4.69, 9.17) is 0 Å². The molecule has 27 heavy (non-hydrogen) atoms. The SMILES string of the molecule is O=C1C=C(c2ccccc2)C[C@@H](c2ccccc2)[C@H]1n1cnc([N+](=O)[O-])c1. The number of nitro groups is 1. The van der Waals surface area contributed by atoms with Crippen LogP contribution in [0.4, 0.5) is 5.82 Å². The molecule has 0 aliphatic heterocycles. The maximum Gasteiger partial charge on any atom is 0.381 e. The molecule has 6 nitrogen and oxygen atoms in total. The summed E-state index contributed by atoms with van der Waals surface area (Å²) in [7, 11) is 0. The molecule has 1 aromatic heterocycles. The third-order valence-corrected chi connectivity index (χ3v) is 4.90. The third-order valence-electron chi connectivity index (χ3n) is 4.90. The first-order valence-corrected chi connectivity index (χ1v) is 8.66. The van der Waals surface area contributed by atoms with Gasteiger partial charge in [0.05, 0.1) is 0 Å². The predicted octanol–water partition coefficient (Wildman–Crippen LogP) is 4.17. The highest BCUT2D eigenvalue weighted by atomic mass is 16.6. The van der Waals surface area contributed by atoms with Gasteiger partial charge in [-0.1, -0.05) is 60.7 Å². The Morgan fingerprint density at radius 3 is 2.33 bits per heavy atom. The maximum atomic E-state index is 13.0. The lowest BCUT2D eigenvalue weighted by atomic mass is 9.77. The second-order valence-electron chi connectivity index (χ2n) is 6.54. The molecule has 134 valence electrons. The summed E-state index contributed by atoms with van der Waals surface area (Å²) in [4.78, 5) is 27.3. The van der Waals surface area contributed by atoms with Gasteiger partial charge in [-0.2, -0.15) is 0 Å². The van der Waals surface area contributed by atoms with Gasteiger partial charge in [0, 0.05) is 5.92 Å². The summed E-state index contributed by atoms with van der Waals surface area (Å²) in [6.07, 6.45) is 5.03. The van der Waals surface area contributed by atoms with Crippen molar-refractivity contribution in [1.82, 2.24) is 9.55 Å². The monoisotopic (exact) mass is 359 g/mol. The number of hydrogen-bond acceptors (Lipinski definition) is 4.